The number of morpholine rings is 1. The number of rotatable bonds is 5. The van der Waals surface area contributed by atoms with Crippen LogP contribution in [0.2, 0.25) is 0 Å². The Balaban J connectivity index is 1.68. The van der Waals surface area contributed by atoms with E-state index in [1.54, 1.807) is 6.07 Å². The maximum Gasteiger partial charge on any atom is 0.180 e. The smallest absolute Gasteiger partial charge is 0.180 e. The second-order valence-electron chi connectivity index (χ2n) is 5.90. The molecule has 1 aliphatic rings. The van der Waals surface area contributed by atoms with Gasteiger partial charge in [0.05, 0.1) is 18.2 Å². The van der Waals surface area contributed by atoms with E-state index in [0.29, 0.717) is 31.1 Å². The highest BCUT2D eigenvalue weighted by Crippen LogP contribution is 2.22. The Morgan fingerprint density at radius 3 is 3.17 bits per heavy atom. The van der Waals surface area contributed by atoms with E-state index in [4.69, 9.17) is 4.74 Å². The zero-order chi connectivity index (χ0) is 16.9. The third-order valence-corrected chi connectivity index (χ3v) is 4.06. The molecule has 1 aromatic heterocycles. The number of H-pyrrole nitrogens is 1. The molecule has 7 heteroatoms. The summed E-state index contributed by atoms with van der Waals surface area (Å²) in [5.41, 5.74) is 1.20. The van der Waals surface area contributed by atoms with Crippen molar-refractivity contribution < 1.29 is 9.13 Å². The van der Waals surface area contributed by atoms with Crippen molar-refractivity contribution in [2.45, 2.75) is 32.4 Å². The number of nitrogens with zero attached hydrogens (tertiary/aromatic N) is 4. The Hall–Kier alpha value is -2.30. The predicted molar refractivity (Wildman–Crippen MR) is 85.5 cm³/mol. The number of nitrogens with one attached hydrogen (secondary N) is 1. The van der Waals surface area contributed by atoms with Crippen molar-refractivity contribution in [2.24, 2.45) is 0 Å². The molecule has 1 atom stereocenters. The second-order valence-corrected chi connectivity index (χ2v) is 5.90. The van der Waals surface area contributed by atoms with Crippen molar-refractivity contribution >= 4 is 0 Å². The molecule has 126 valence electrons. The number of hydrogen-bond donors (Lipinski definition) is 1. The lowest BCUT2D eigenvalue weighted by molar-refractivity contribution is -0.0371. The minimum atomic E-state index is -0.390. The van der Waals surface area contributed by atoms with Crippen LogP contribution in [-0.4, -0.2) is 39.8 Å². The van der Waals surface area contributed by atoms with Crippen LogP contribution < -0.4 is 0 Å². The maximum absolute atomic E-state index is 13.3. The van der Waals surface area contributed by atoms with Crippen LogP contribution in [0.4, 0.5) is 4.39 Å². The Morgan fingerprint density at radius 2 is 2.38 bits per heavy atom. The molecule has 1 aromatic carbocycles. The molecule has 24 heavy (non-hydrogen) atoms. The highest BCUT2D eigenvalue weighted by molar-refractivity contribution is 5.37. The van der Waals surface area contributed by atoms with E-state index >= 15 is 0 Å². The predicted octanol–water partition coefficient (Wildman–Crippen LogP) is 2.34. The molecular formula is C17H20FN5O. The standard InChI is InChI=1S/C17H20FN5O/c1-2-3-16-20-17(22-21-16)15-11-23(6-7-24-15)10-12-4-5-14(18)8-13(12)9-19/h4-5,8,15H,2-3,6-7,10-11H2,1H3,(H,20,21,22)/t15-/m0/s1. The van der Waals surface area contributed by atoms with Crippen molar-refractivity contribution in [3.05, 3.63) is 46.8 Å². The van der Waals surface area contributed by atoms with Crippen LogP contribution in [0.15, 0.2) is 18.2 Å². The lowest BCUT2D eigenvalue weighted by Crippen LogP contribution is -2.38. The summed E-state index contributed by atoms with van der Waals surface area (Å²) in [6.07, 6.45) is 1.68. The summed E-state index contributed by atoms with van der Waals surface area (Å²) in [7, 11) is 0. The second kappa shape index (κ2) is 7.51. The normalized spacial score (nSPS) is 18.5. The number of nitriles is 1. The van der Waals surface area contributed by atoms with Gasteiger partial charge in [-0.05, 0) is 24.1 Å². The zero-order valence-electron chi connectivity index (χ0n) is 13.6. The molecule has 0 bridgehead atoms. The van der Waals surface area contributed by atoms with Crippen LogP contribution in [-0.2, 0) is 17.7 Å². The molecule has 2 heterocycles. The molecule has 1 saturated heterocycles. The summed E-state index contributed by atoms with van der Waals surface area (Å²) in [4.78, 5) is 6.67. The first kappa shape index (κ1) is 16.6. The van der Waals surface area contributed by atoms with Crippen LogP contribution in [0.1, 0.15) is 42.2 Å². The monoisotopic (exact) mass is 329 g/mol. The largest absolute Gasteiger partial charge is 0.367 e. The fourth-order valence-electron chi connectivity index (χ4n) is 2.84. The summed E-state index contributed by atoms with van der Waals surface area (Å²) in [5.74, 6) is 1.15. The van der Waals surface area contributed by atoms with Crippen molar-refractivity contribution in [1.82, 2.24) is 20.1 Å². The van der Waals surface area contributed by atoms with E-state index < -0.39 is 0 Å². The summed E-state index contributed by atoms with van der Waals surface area (Å²) >= 11 is 0. The molecule has 2 aromatic rings. The topological polar surface area (TPSA) is 77.8 Å². The molecule has 0 aliphatic carbocycles. The van der Waals surface area contributed by atoms with Crippen molar-refractivity contribution in [3.63, 3.8) is 0 Å². The molecule has 3 rings (SSSR count). The Labute approximate surface area is 140 Å². The molecule has 0 spiro atoms. The Kier molecular flexibility index (Phi) is 5.18. The molecule has 0 radical (unpaired) electrons. The van der Waals surface area contributed by atoms with Gasteiger partial charge in [-0.15, -0.1) is 0 Å². The number of ether oxygens (including phenoxy) is 1. The van der Waals surface area contributed by atoms with Gasteiger partial charge in [0, 0.05) is 26.1 Å². The van der Waals surface area contributed by atoms with Gasteiger partial charge >= 0.3 is 0 Å². The number of benzene rings is 1. The maximum atomic E-state index is 13.3. The number of halogens is 1. The van der Waals surface area contributed by atoms with E-state index in [0.717, 1.165) is 30.8 Å². The van der Waals surface area contributed by atoms with E-state index in [-0.39, 0.29) is 11.9 Å². The van der Waals surface area contributed by atoms with E-state index in [9.17, 15) is 9.65 Å². The van der Waals surface area contributed by atoms with Gasteiger partial charge in [-0.1, -0.05) is 13.0 Å². The fourth-order valence-corrected chi connectivity index (χ4v) is 2.84. The van der Waals surface area contributed by atoms with Gasteiger partial charge in [-0.2, -0.15) is 10.4 Å². The molecule has 1 N–H and O–H groups in total. The van der Waals surface area contributed by atoms with Crippen molar-refractivity contribution in [2.75, 3.05) is 19.7 Å². The van der Waals surface area contributed by atoms with Gasteiger partial charge in [-0.3, -0.25) is 10.00 Å². The molecular weight excluding hydrogens is 309 g/mol. The van der Waals surface area contributed by atoms with Crippen LogP contribution in [0.3, 0.4) is 0 Å². The zero-order valence-corrected chi connectivity index (χ0v) is 13.6. The first-order chi connectivity index (χ1) is 11.7. The number of aromatic amines is 1. The molecule has 1 fully saturated rings. The molecule has 0 unspecified atom stereocenters. The highest BCUT2D eigenvalue weighted by Gasteiger charge is 2.25. The first-order valence-corrected chi connectivity index (χ1v) is 8.13. The lowest BCUT2D eigenvalue weighted by atomic mass is 10.1. The summed E-state index contributed by atoms with van der Waals surface area (Å²) in [6.45, 7) is 4.65. The van der Waals surface area contributed by atoms with Crippen LogP contribution in [0.25, 0.3) is 0 Å². The van der Waals surface area contributed by atoms with E-state index in [1.165, 1.54) is 12.1 Å². The molecule has 0 amide bonds. The number of aryl methyl sites for hydroxylation is 1. The lowest BCUT2D eigenvalue weighted by Gasteiger charge is -2.31. The highest BCUT2D eigenvalue weighted by atomic mass is 19.1. The van der Waals surface area contributed by atoms with Gasteiger partial charge in [0.2, 0.25) is 0 Å². The molecule has 1 aliphatic heterocycles. The quantitative estimate of drug-likeness (QED) is 0.911. The number of hydrogen-bond acceptors (Lipinski definition) is 5. The van der Waals surface area contributed by atoms with Crippen molar-refractivity contribution in [1.29, 1.82) is 5.26 Å². The summed E-state index contributed by atoms with van der Waals surface area (Å²) in [6, 6.07) is 6.40. The van der Waals surface area contributed by atoms with Gasteiger partial charge in [0.25, 0.3) is 0 Å². The van der Waals surface area contributed by atoms with Crippen LogP contribution >= 0.6 is 0 Å². The minimum absolute atomic E-state index is 0.188. The average Bonchev–Trinajstić information content (AvgIpc) is 3.06. The Bertz CT molecular complexity index is 739. The molecule has 0 saturated carbocycles. The third-order valence-electron chi connectivity index (χ3n) is 4.06. The van der Waals surface area contributed by atoms with Gasteiger partial charge in [0.1, 0.15) is 17.7 Å². The van der Waals surface area contributed by atoms with Crippen LogP contribution in [0, 0.1) is 17.1 Å². The third kappa shape index (κ3) is 3.78. The Morgan fingerprint density at radius 1 is 1.50 bits per heavy atom. The SMILES string of the molecule is CCCc1nc([C@@H]2CN(Cc3ccc(F)cc3C#N)CCO2)n[nH]1. The van der Waals surface area contributed by atoms with Gasteiger partial charge in [-0.25, -0.2) is 9.37 Å². The van der Waals surface area contributed by atoms with Crippen LogP contribution in [0.5, 0.6) is 0 Å². The number of aromatic nitrogens is 3. The average molecular weight is 329 g/mol. The van der Waals surface area contributed by atoms with E-state index in [2.05, 4.69) is 33.1 Å². The fraction of sp³-hybridized carbons (Fsp3) is 0.471. The first-order valence-electron chi connectivity index (χ1n) is 8.13. The summed E-state index contributed by atoms with van der Waals surface area (Å²) in [5, 5.41) is 16.4. The molecule has 6 nitrogen and oxygen atoms in total. The van der Waals surface area contributed by atoms with Gasteiger partial charge in [0.15, 0.2) is 5.82 Å². The van der Waals surface area contributed by atoms with E-state index in [1.807, 2.05) is 0 Å². The van der Waals surface area contributed by atoms with Crippen molar-refractivity contribution in [3.8, 4) is 6.07 Å². The van der Waals surface area contributed by atoms with Gasteiger partial charge < -0.3 is 4.74 Å². The summed E-state index contributed by atoms with van der Waals surface area (Å²) < 4.78 is 19.0. The minimum Gasteiger partial charge on any atom is -0.367 e.